The van der Waals surface area contributed by atoms with E-state index in [1.54, 1.807) is 0 Å². The summed E-state index contributed by atoms with van der Waals surface area (Å²) in [5, 5.41) is 19.3. The third kappa shape index (κ3) is 1.80. The van der Waals surface area contributed by atoms with Crippen LogP contribution in [0.1, 0.15) is 0 Å². The van der Waals surface area contributed by atoms with Gasteiger partial charge < -0.3 is 5.11 Å². The molecular formula is C6H4NO6S. The summed E-state index contributed by atoms with van der Waals surface area (Å²) >= 11 is 0. The first-order valence-electron chi connectivity index (χ1n) is 3.19. The van der Waals surface area contributed by atoms with E-state index in [4.69, 9.17) is 9.66 Å². The second-order valence-electron chi connectivity index (χ2n) is 2.27. The monoisotopic (exact) mass is 218 g/mol. The largest absolute Gasteiger partial charge is 0.502 e. The Morgan fingerprint density at radius 3 is 2.43 bits per heavy atom. The molecule has 75 valence electrons. The summed E-state index contributed by atoms with van der Waals surface area (Å²) < 4.78 is 29.9. The molecule has 0 aromatic heterocycles. The molecule has 1 rings (SSSR count). The molecule has 0 aliphatic rings. The molecule has 0 heterocycles. The van der Waals surface area contributed by atoms with E-state index in [2.05, 4.69) is 0 Å². The van der Waals surface area contributed by atoms with E-state index < -0.39 is 31.4 Å². The van der Waals surface area contributed by atoms with Crippen LogP contribution in [0.25, 0.3) is 0 Å². The van der Waals surface area contributed by atoms with Gasteiger partial charge in [0, 0.05) is 6.07 Å². The van der Waals surface area contributed by atoms with Gasteiger partial charge in [0.05, 0.1) is 4.92 Å². The van der Waals surface area contributed by atoms with Crippen molar-refractivity contribution >= 4 is 15.8 Å². The van der Waals surface area contributed by atoms with Crippen LogP contribution in [0.15, 0.2) is 17.0 Å². The SMILES string of the molecule is O=[N+]([O-])c1c(O)[c]ccc1S(=O)(=O)O. The molecule has 0 fully saturated rings. The van der Waals surface area contributed by atoms with Crippen LogP contribution in [-0.4, -0.2) is 23.0 Å². The van der Waals surface area contributed by atoms with E-state index in [0.29, 0.717) is 0 Å². The molecule has 7 nitrogen and oxygen atoms in total. The molecule has 0 amide bonds. The Morgan fingerprint density at radius 2 is 2.07 bits per heavy atom. The summed E-state index contributed by atoms with van der Waals surface area (Å²) in [6, 6.07) is 3.75. The number of hydrogen-bond donors (Lipinski definition) is 2. The van der Waals surface area contributed by atoms with Crippen LogP contribution in [0.2, 0.25) is 0 Å². The molecule has 0 saturated heterocycles. The summed E-state index contributed by atoms with van der Waals surface area (Å²) in [5.74, 6) is -0.940. The average Bonchev–Trinajstić information content (AvgIpc) is 2.01. The van der Waals surface area contributed by atoms with E-state index >= 15 is 0 Å². The number of hydrogen-bond acceptors (Lipinski definition) is 5. The number of nitro benzene ring substituents is 1. The van der Waals surface area contributed by atoms with Crippen molar-refractivity contribution in [2.45, 2.75) is 4.90 Å². The lowest BCUT2D eigenvalue weighted by Gasteiger charge is -1.99. The normalized spacial score (nSPS) is 11.2. The van der Waals surface area contributed by atoms with E-state index in [1.165, 1.54) is 0 Å². The van der Waals surface area contributed by atoms with Crippen molar-refractivity contribution in [1.82, 2.24) is 0 Å². The molecule has 1 aromatic rings. The second kappa shape index (κ2) is 3.24. The molecule has 0 saturated carbocycles. The number of benzene rings is 1. The highest BCUT2D eigenvalue weighted by Crippen LogP contribution is 2.31. The average molecular weight is 218 g/mol. The van der Waals surface area contributed by atoms with Gasteiger partial charge in [0.1, 0.15) is 0 Å². The summed E-state index contributed by atoms with van der Waals surface area (Å²) in [6.45, 7) is 0. The van der Waals surface area contributed by atoms with Crippen molar-refractivity contribution < 1.29 is 23.0 Å². The number of nitro groups is 1. The zero-order valence-corrected chi connectivity index (χ0v) is 7.35. The Kier molecular flexibility index (Phi) is 2.41. The van der Waals surface area contributed by atoms with Crippen molar-refractivity contribution in [3.05, 3.63) is 28.3 Å². The Hall–Kier alpha value is -1.67. The van der Waals surface area contributed by atoms with Crippen molar-refractivity contribution in [3.63, 3.8) is 0 Å². The standard InChI is InChI=1S/C6H4NO6S/c8-4-2-1-3-5(14(11,12)13)6(4)7(9)10/h1,3,8H,(H,11,12,13). The van der Waals surface area contributed by atoms with Gasteiger partial charge in [-0.25, -0.2) is 0 Å². The predicted octanol–water partition coefficient (Wildman–Crippen LogP) is 0.347. The minimum Gasteiger partial charge on any atom is -0.502 e. The molecule has 0 atom stereocenters. The minimum absolute atomic E-state index is 0.771. The van der Waals surface area contributed by atoms with Crippen LogP contribution in [0.5, 0.6) is 5.75 Å². The highest BCUT2D eigenvalue weighted by molar-refractivity contribution is 7.86. The van der Waals surface area contributed by atoms with Gasteiger partial charge in [0.15, 0.2) is 4.90 Å². The number of nitrogens with zero attached hydrogens (tertiary/aromatic N) is 1. The second-order valence-corrected chi connectivity index (χ2v) is 3.66. The van der Waals surface area contributed by atoms with Crippen molar-refractivity contribution in [2.24, 2.45) is 0 Å². The maximum absolute atomic E-state index is 10.6. The zero-order chi connectivity index (χ0) is 10.9. The number of phenolic OH excluding ortho intramolecular Hbond substituents is 1. The third-order valence-electron chi connectivity index (χ3n) is 1.37. The van der Waals surface area contributed by atoms with Gasteiger partial charge in [-0.2, -0.15) is 8.42 Å². The number of aromatic hydroxyl groups is 1. The highest BCUT2D eigenvalue weighted by Gasteiger charge is 2.27. The van der Waals surface area contributed by atoms with Gasteiger partial charge in [-0.3, -0.25) is 14.7 Å². The van der Waals surface area contributed by atoms with Gasteiger partial charge in [-0.05, 0) is 12.1 Å². The van der Waals surface area contributed by atoms with Gasteiger partial charge in [-0.15, -0.1) is 0 Å². The lowest BCUT2D eigenvalue weighted by Crippen LogP contribution is -2.03. The summed E-state index contributed by atoms with van der Waals surface area (Å²) in [4.78, 5) is 8.26. The summed E-state index contributed by atoms with van der Waals surface area (Å²) in [7, 11) is -4.72. The van der Waals surface area contributed by atoms with Crippen molar-refractivity contribution in [1.29, 1.82) is 0 Å². The molecular weight excluding hydrogens is 214 g/mol. The molecule has 0 spiro atoms. The Balaban J connectivity index is 3.61. The quantitative estimate of drug-likeness (QED) is 0.420. The Bertz CT molecular complexity index is 479. The topological polar surface area (TPSA) is 118 Å². The van der Waals surface area contributed by atoms with Crippen LogP contribution in [-0.2, 0) is 10.1 Å². The van der Waals surface area contributed by atoms with Crippen LogP contribution >= 0.6 is 0 Å². The molecule has 0 unspecified atom stereocenters. The van der Waals surface area contributed by atoms with Gasteiger partial charge in [0.2, 0.25) is 5.75 Å². The lowest BCUT2D eigenvalue weighted by molar-refractivity contribution is -0.389. The van der Waals surface area contributed by atoms with E-state index in [9.17, 15) is 18.5 Å². The molecule has 2 N–H and O–H groups in total. The molecule has 0 aliphatic heterocycles. The molecule has 1 radical (unpaired) electrons. The zero-order valence-electron chi connectivity index (χ0n) is 6.54. The first kappa shape index (κ1) is 10.4. The maximum atomic E-state index is 10.6. The van der Waals surface area contributed by atoms with Crippen LogP contribution in [0.4, 0.5) is 5.69 Å². The predicted molar refractivity (Wildman–Crippen MR) is 43.4 cm³/mol. The molecule has 1 aromatic carbocycles. The van der Waals surface area contributed by atoms with E-state index in [0.717, 1.165) is 12.1 Å². The molecule has 14 heavy (non-hydrogen) atoms. The fourth-order valence-corrected chi connectivity index (χ4v) is 1.50. The summed E-state index contributed by atoms with van der Waals surface area (Å²) in [5.41, 5.74) is -1.09. The fraction of sp³-hybridized carbons (Fsp3) is 0. The van der Waals surface area contributed by atoms with Crippen LogP contribution in [0.3, 0.4) is 0 Å². The van der Waals surface area contributed by atoms with Crippen molar-refractivity contribution in [3.8, 4) is 5.75 Å². The summed E-state index contributed by atoms with van der Waals surface area (Å²) in [6.07, 6.45) is 0. The van der Waals surface area contributed by atoms with Gasteiger partial charge in [-0.1, -0.05) is 0 Å². The van der Waals surface area contributed by atoms with Gasteiger partial charge >= 0.3 is 15.8 Å². The minimum atomic E-state index is -4.72. The Morgan fingerprint density at radius 1 is 1.50 bits per heavy atom. The first-order valence-corrected chi connectivity index (χ1v) is 4.63. The van der Waals surface area contributed by atoms with E-state index in [-0.39, 0.29) is 0 Å². The third-order valence-corrected chi connectivity index (χ3v) is 2.26. The Labute approximate surface area is 78.5 Å². The molecule has 8 heteroatoms. The van der Waals surface area contributed by atoms with Crippen LogP contribution in [0, 0.1) is 16.2 Å². The van der Waals surface area contributed by atoms with Crippen LogP contribution < -0.4 is 0 Å². The van der Waals surface area contributed by atoms with E-state index in [1.807, 2.05) is 6.07 Å². The smallest absolute Gasteiger partial charge is 0.332 e. The number of phenols is 1. The van der Waals surface area contributed by atoms with Gasteiger partial charge in [0.25, 0.3) is 0 Å². The maximum Gasteiger partial charge on any atom is 0.332 e. The molecule has 0 bridgehead atoms. The van der Waals surface area contributed by atoms with Crippen molar-refractivity contribution in [2.75, 3.05) is 0 Å². The lowest BCUT2D eigenvalue weighted by atomic mass is 10.3. The number of rotatable bonds is 2. The highest BCUT2D eigenvalue weighted by atomic mass is 32.2. The molecule has 0 aliphatic carbocycles. The first-order chi connectivity index (χ1) is 6.34. The fourth-order valence-electron chi connectivity index (χ4n) is 0.845.